The van der Waals surface area contributed by atoms with E-state index in [4.69, 9.17) is 0 Å². The van der Waals surface area contributed by atoms with Crippen LogP contribution in [0.15, 0.2) is 36.9 Å². The number of amides is 2. The van der Waals surface area contributed by atoms with E-state index >= 15 is 0 Å². The van der Waals surface area contributed by atoms with Crippen LogP contribution in [0.2, 0.25) is 0 Å². The lowest BCUT2D eigenvalue weighted by atomic mass is 9.98. The zero-order chi connectivity index (χ0) is 13.8. The lowest BCUT2D eigenvalue weighted by Crippen LogP contribution is -2.35. The number of carbonyl (C=O) groups excluding carboxylic acids is 1. The first kappa shape index (κ1) is 12.7. The maximum Gasteiger partial charge on any atom is 0.319 e. The average Bonchev–Trinajstić information content (AvgIpc) is 2.93. The summed E-state index contributed by atoms with van der Waals surface area (Å²) in [6.45, 7) is 1.65. The Balaban J connectivity index is 1.47. The fraction of sp³-hybridized carbons (Fsp3) is 0.357. The molecule has 0 aliphatic carbocycles. The summed E-state index contributed by atoms with van der Waals surface area (Å²) in [5, 5.41) is 5.70. The SMILES string of the molecule is O=C(NCC1CCn2ccnc2C1)Nc1ccncc1. The Morgan fingerprint density at radius 2 is 2.20 bits per heavy atom. The monoisotopic (exact) mass is 271 g/mol. The third-order valence-electron chi connectivity index (χ3n) is 3.54. The van der Waals surface area contributed by atoms with Crippen molar-refractivity contribution in [1.82, 2.24) is 19.9 Å². The molecule has 3 heterocycles. The molecule has 6 nitrogen and oxygen atoms in total. The van der Waals surface area contributed by atoms with Gasteiger partial charge in [-0.25, -0.2) is 9.78 Å². The predicted molar refractivity (Wildman–Crippen MR) is 75.3 cm³/mol. The minimum absolute atomic E-state index is 0.176. The second-order valence-electron chi connectivity index (χ2n) is 4.97. The van der Waals surface area contributed by atoms with E-state index in [0.717, 1.165) is 30.9 Å². The molecule has 0 saturated carbocycles. The Bertz CT molecular complexity index is 580. The second-order valence-corrected chi connectivity index (χ2v) is 4.97. The smallest absolute Gasteiger partial charge is 0.319 e. The molecular weight excluding hydrogens is 254 g/mol. The van der Waals surface area contributed by atoms with Gasteiger partial charge in [0.1, 0.15) is 5.82 Å². The van der Waals surface area contributed by atoms with Crippen LogP contribution in [0.4, 0.5) is 10.5 Å². The molecule has 2 amide bonds. The maximum atomic E-state index is 11.8. The molecule has 104 valence electrons. The first-order chi connectivity index (χ1) is 9.81. The molecule has 20 heavy (non-hydrogen) atoms. The number of hydrogen-bond acceptors (Lipinski definition) is 3. The van der Waals surface area contributed by atoms with Gasteiger partial charge in [0.25, 0.3) is 0 Å². The number of pyridine rings is 1. The van der Waals surface area contributed by atoms with E-state index in [1.807, 2.05) is 12.4 Å². The van der Waals surface area contributed by atoms with E-state index in [1.54, 1.807) is 24.5 Å². The van der Waals surface area contributed by atoms with E-state index < -0.39 is 0 Å². The fourth-order valence-corrected chi connectivity index (χ4v) is 2.44. The number of imidazole rings is 1. The molecule has 1 aliphatic rings. The van der Waals surface area contributed by atoms with Crippen molar-refractivity contribution in [3.05, 3.63) is 42.7 Å². The van der Waals surface area contributed by atoms with Crippen molar-refractivity contribution in [3.8, 4) is 0 Å². The molecule has 0 radical (unpaired) electrons. The van der Waals surface area contributed by atoms with Crippen molar-refractivity contribution in [1.29, 1.82) is 0 Å². The van der Waals surface area contributed by atoms with Gasteiger partial charge in [-0.05, 0) is 24.5 Å². The zero-order valence-electron chi connectivity index (χ0n) is 11.1. The number of aromatic nitrogens is 3. The summed E-state index contributed by atoms with van der Waals surface area (Å²) >= 11 is 0. The van der Waals surface area contributed by atoms with Crippen LogP contribution in [0, 0.1) is 5.92 Å². The number of fused-ring (bicyclic) bond motifs is 1. The Labute approximate surface area is 117 Å². The Hall–Kier alpha value is -2.37. The van der Waals surface area contributed by atoms with Gasteiger partial charge in [0.05, 0.1) is 0 Å². The van der Waals surface area contributed by atoms with Crippen molar-refractivity contribution < 1.29 is 4.79 Å². The summed E-state index contributed by atoms with van der Waals surface area (Å²) in [7, 11) is 0. The second kappa shape index (κ2) is 5.73. The standard InChI is InChI=1S/C14H17N5O/c20-14(18-12-1-4-15-5-2-12)17-10-11-3-7-19-8-6-16-13(19)9-11/h1-2,4-6,8,11H,3,7,9-10H2,(H2,15,17,18,20). The number of rotatable bonds is 3. The van der Waals surface area contributed by atoms with E-state index in [-0.39, 0.29) is 6.03 Å². The molecule has 0 saturated heterocycles. The van der Waals surface area contributed by atoms with Gasteiger partial charge in [-0.3, -0.25) is 4.98 Å². The molecule has 0 fully saturated rings. The van der Waals surface area contributed by atoms with Crippen molar-refractivity contribution in [2.45, 2.75) is 19.4 Å². The first-order valence-corrected chi connectivity index (χ1v) is 6.76. The number of hydrogen-bond donors (Lipinski definition) is 2. The molecule has 2 aromatic heterocycles. The fourth-order valence-electron chi connectivity index (χ4n) is 2.44. The highest BCUT2D eigenvalue weighted by molar-refractivity contribution is 5.89. The molecule has 1 unspecified atom stereocenters. The lowest BCUT2D eigenvalue weighted by Gasteiger charge is -2.23. The predicted octanol–water partition coefficient (Wildman–Crippen LogP) is 1.66. The van der Waals surface area contributed by atoms with Gasteiger partial charge in [0, 0.05) is 50.0 Å². The van der Waals surface area contributed by atoms with Crippen LogP contribution in [-0.2, 0) is 13.0 Å². The molecule has 2 N–H and O–H groups in total. The molecule has 1 aliphatic heterocycles. The summed E-state index contributed by atoms with van der Waals surface area (Å²) in [6.07, 6.45) is 9.13. The summed E-state index contributed by atoms with van der Waals surface area (Å²) < 4.78 is 2.17. The quantitative estimate of drug-likeness (QED) is 0.891. The van der Waals surface area contributed by atoms with Gasteiger partial charge in [-0.15, -0.1) is 0 Å². The molecule has 3 rings (SSSR count). The van der Waals surface area contributed by atoms with Crippen LogP contribution in [0.1, 0.15) is 12.2 Å². The highest BCUT2D eigenvalue weighted by Gasteiger charge is 2.19. The van der Waals surface area contributed by atoms with Crippen LogP contribution in [0.3, 0.4) is 0 Å². The van der Waals surface area contributed by atoms with E-state index in [1.165, 1.54) is 0 Å². The summed E-state index contributed by atoms with van der Waals surface area (Å²) in [5.41, 5.74) is 0.747. The van der Waals surface area contributed by atoms with Crippen LogP contribution in [-0.4, -0.2) is 27.1 Å². The van der Waals surface area contributed by atoms with Gasteiger partial charge in [-0.2, -0.15) is 0 Å². The van der Waals surface area contributed by atoms with Crippen LogP contribution >= 0.6 is 0 Å². The third kappa shape index (κ3) is 2.96. The normalized spacial score (nSPS) is 17.3. The van der Waals surface area contributed by atoms with Crippen molar-refractivity contribution in [2.24, 2.45) is 5.92 Å². The lowest BCUT2D eigenvalue weighted by molar-refractivity contribution is 0.248. The Morgan fingerprint density at radius 1 is 1.35 bits per heavy atom. The minimum Gasteiger partial charge on any atom is -0.338 e. The first-order valence-electron chi connectivity index (χ1n) is 6.76. The highest BCUT2D eigenvalue weighted by atomic mass is 16.2. The van der Waals surface area contributed by atoms with Crippen molar-refractivity contribution in [2.75, 3.05) is 11.9 Å². The highest BCUT2D eigenvalue weighted by Crippen LogP contribution is 2.18. The number of aryl methyl sites for hydroxylation is 1. The number of anilines is 1. The Morgan fingerprint density at radius 3 is 3.05 bits per heavy atom. The molecule has 1 atom stereocenters. The van der Waals surface area contributed by atoms with Crippen molar-refractivity contribution in [3.63, 3.8) is 0 Å². The molecule has 2 aromatic rings. The largest absolute Gasteiger partial charge is 0.338 e. The number of nitrogens with zero attached hydrogens (tertiary/aromatic N) is 3. The number of carbonyl (C=O) groups is 1. The van der Waals surface area contributed by atoms with Crippen LogP contribution in [0.5, 0.6) is 0 Å². The van der Waals surface area contributed by atoms with Gasteiger partial charge in [-0.1, -0.05) is 0 Å². The van der Waals surface area contributed by atoms with E-state index in [2.05, 4.69) is 25.2 Å². The van der Waals surface area contributed by atoms with Crippen molar-refractivity contribution >= 4 is 11.7 Å². The average molecular weight is 271 g/mol. The van der Waals surface area contributed by atoms with Crippen LogP contribution in [0.25, 0.3) is 0 Å². The molecular formula is C14H17N5O. The molecule has 6 heteroatoms. The molecule has 0 spiro atoms. The molecule has 0 aromatic carbocycles. The van der Waals surface area contributed by atoms with E-state index in [9.17, 15) is 4.79 Å². The summed E-state index contributed by atoms with van der Waals surface area (Å²) in [6, 6.07) is 3.35. The Kier molecular flexibility index (Phi) is 3.62. The number of urea groups is 1. The third-order valence-corrected chi connectivity index (χ3v) is 3.54. The van der Waals surface area contributed by atoms with Gasteiger partial charge >= 0.3 is 6.03 Å². The maximum absolute atomic E-state index is 11.8. The van der Waals surface area contributed by atoms with Crippen LogP contribution < -0.4 is 10.6 Å². The zero-order valence-corrected chi connectivity index (χ0v) is 11.1. The van der Waals surface area contributed by atoms with Gasteiger partial charge in [0.2, 0.25) is 0 Å². The van der Waals surface area contributed by atoms with E-state index in [0.29, 0.717) is 12.5 Å². The van der Waals surface area contributed by atoms with Gasteiger partial charge in [0.15, 0.2) is 0 Å². The molecule has 0 bridgehead atoms. The number of nitrogens with one attached hydrogen (secondary N) is 2. The summed E-state index contributed by atoms with van der Waals surface area (Å²) in [5.74, 6) is 1.56. The minimum atomic E-state index is -0.176. The topological polar surface area (TPSA) is 71.8 Å². The summed E-state index contributed by atoms with van der Waals surface area (Å²) in [4.78, 5) is 20.0. The van der Waals surface area contributed by atoms with Gasteiger partial charge < -0.3 is 15.2 Å².